The number of alkyl halides is 3. The number of carbonyl (C=O) groups is 1. The van der Waals surface area contributed by atoms with Crippen molar-refractivity contribution in [1.29, 1.82) is 0 Å². The number of hydrogen-bond acceptors (Lipinski definition) is 2. The lowest BCUT2D eigenvalue weighted by atomic mass is 10.0. The molecule has 1 aromatic rings. The lowest BCUT2D eigenvalue weighted by molar-refractivity contribution is -0.187. The number of halogens is 3. The minimum Gasteiger partial charge on any atom is -0.348 e. The molecule has 6 heteroatoms. The molecule has 0 aliphatic carbocycles. The first-order valence-electron chi connectivity index (χ1n) is 5.38. The fraction of sp³-hybridized carbons (Fsp3) is 0.417. The highest BCUT2D eigenvalue weighted by atomic mass is 19.4. The van der Waals surface area contributed by atoms with Crippen LogP contribution in [0.4, 0.5) is 13.2 Å². The molecule has 0 heterocycles. The van der Waals surface area contributed by atoms with Crippen molar-refractivity contribution >= 4 is 5.91 Å². The third kappa shape index (κ3) is 3.01. The average molecular weight is 260 g/mol. The van der Waals surface area contributed by atoms with E-state index in [2.05, 4.69) is 5.32 Å². The summed E-state index contributed by atoms with van der Waals surface area (Å²) >= 11 is 0. The Morgan fingerprint density at radius 2 is 1.78 bits per heavy atom. The molecule has 0 fully saturated rings. The van der Waals surface area contributed by atoms with E-state index in [9.17, 15) is 18.0 Å². The zero-order valence-corrected chi connectivity index (χ0v) is 10.1. The molecule has 3 nitrogen and oxygen atoms in total. The van der Waals surface area contributed by atoms with Crippen LogP contribution in [-0.4, -0.2) is 17.6 Å². The molecule has 1 unspecified atom stereocenters. The number of nitrogens with one attached hydrogen (secondary N) is 1. The molecule has 0 spiro atoms. The van der Waals surface area contributed by atoms with Gasteiger partial charge in [-0.2, -0.15) is 13.2 Å². The maximum absolute atomic E-state index is 12.6. The lowest BCUT2D eigenvalue weighted by Crippen LogP contribution is -2.61. The first-order valence-corrected chi connectivity index (χ1v) is 5.38. The summed E-state index contributed by atoms with van der Waals surface area (Å²) in [6, 6.07) is 8.15. The molecule has 18 heavy (non-hydrogen) atoms. The Labute approximate surface area is 103 Å². The van der Waals surface area contributed by atoms with E-state index in [1.807, 2.05) is 0 Å². The normalized spacial score (nSPS) is 16.8. The SMILES string of the molecule is C[C@@H](NC(=O)C(C)(N)C(F)(F)F)c1ccccc1. The highest BCUT2D eigenvalue weighted by Gasteiger charge is 2.54. The topological polar surface area (TPSA) is 55.1 Å². The number of hydrogen-bond donors (Lipinski definition) is 2. The molecule has 0 bridgehead atoms. The van der Waals surface area contributed by atoms with E-state index in [-0.39, 0.29) is 0 Å². The van der Waals surface area contributed by atoms with Crippen LogP contribution in [0, 0.1) is 0 Å². The van der Waals surface area contributed by atoms with E-state index >= 15 is 0 Å². The van der Waals surface area contributed by atoms with Gasteiger partial charge in [0, 0.05) is 0 Å². The number of rotatable bonds is 3. The summed E-state index contributed by atoms with van der Waals surface area (Å²) in [6.07, 6.45) is -4.78. The molecule has 0 aliphatic heterocycles. The maximum atomic E-state index is 12.6. The second-order valence-corrected chi connectivity index (χ2v) is 4.31. The van der Waals surface area contributed by atoms with E-state index in [1.165, 1.54) is 0 Å². The van der Waals surface area contributed by atoms with Gasteiger partial charge in [0.1, 0.15) is 0 Å². The second kappa shape index (κ2) is 4.97. The van der Waals surface area contributed by atoms with Gasteiger partial charge in [-0.1, -0.05) is 30.3 Å². The van der Waals surface area contributed by atoms with E-state index in [4.69, 9.17) is 5.73 Å². The van der Waals surface area contributed by atoms with E-state index in [0.717, 1.165) is 0 Å². The molecule has 0 aliphatic rings. The summed E-state index contributed by atoms with van der Waals surface area (Å²) in [5, 5.41) is 2.26. The Balaban J connectivity index is 2.78. The van der Waals surface area contributed by atoms with Gasteiger partial charge in [-0.05, 0) is 19.4 Å². The van der Waals surface area contributed by atoms with Crippen molar-refractivity contribution in [3.63, 3.8) is 0 Å². The molecule has 1 rings (SSSR count). The van der Waals surface area contributed by atoms with Crippen molar-refractivity contribution < 1.29 is 18.0 Å². The Bertz CT molecular complexity index is 415. The third-order valence-corrected chi connectivity index (χ3v) is 2.71. The monoisotopic (exact) mass is 260 g/mol. The number of nitrogens with two attached hydrogens (primary N) is 1. The summed E-state index contributed by atoms with van der Waals surface area (Å²) < 4.78 is 37.7. The van der Waals surface area contributed by atoms with Crippen LogP contribution >= 0.6 is 0 Å². The molecule has 2 atom stereocenters. The quantitative estimate of drug-likeness (QED) is 0.874. The largest absolute Gasteiger partial charge is 0.415 e. The highest BCUT2D eigenvalue weighted by molar-refractivity contribution is 5.86. The zero-order chi connectivity index (χ0) is 14.0. The summed E-state index contributed by atoms with van der Waals surface area (Å²) in [6.45, 7) is 2.25. The van der Waals surface area contributed by atoms with Crippen molar-refractivity contribution in [1.82, 2.24) is 5.32 Å². The standard InChI is InChI=1S/C12H15F3N2O/c1-8(9-6-4-3-5-7-9)17-10(18)11(2,16)12(13,14)15/h3-8H,16H2,1-2H3,(H,17,18)/t8-,11?/m1/s1. The van der Waals surface area contributed by atoms with Crippen LogP contribution in [0.5, 0.6) is 0 Å². The predicted octanol–water partition coefficient (Wildman–Crippen LogP) is 2.14. The van der Waals surface area contributed by atoms with Crippen LogP contribution < -0.4 is 11.1 Å². The molecule has 3 N–H and O–H groups in total. The molecule has 0 aromatic heterocycles. The number of carbonyl (C=O) groups excluding carboxylic acids is 1. The van der Waals surface area contributed by atoms with Gasteiger partial charge in [-0.25, -0.2) is 0 Å². The Hall–Kier alpha value is -1.56. The lowest BCUT2D eigenvalue weighted by Gasteiger charge is -2.28. The van der Waals surface area contributed by atoms with E-state index in [0.29, 0.717) is 12.5 Å². The molecule has 1 amide bonds. The van der Waals surface area contributed by atoms with Crippen molar-refractivity contribution in [2.75, 3.05) is 0 Å². The Kier molecular flexibility index (Phi) is 4.01. The minimum absolute atomic E-state index is 0.538. The highest BCUT2D eigenvalue weighted by Crippen LogP contribution is 2.28. The van der Waals surface area contributed by atoms with Crippen molar-refractivity contribution in [3.8, 4) is 0 Å². The molecular weight excluding hydrogens is 245 g/mol. The fourth-order valence-electron chi connectivity index (χ4n) is 1.30. The van der Waals surface area contributed by atoms with E-state index in [1.54, 1.807) is 37.3 Å². The van der Waals surface area contributed by atoms with Crippen LogP contribution in [0.3, 0.4) is 0 Å². The number of benzene rings is 1. The minimum atomic E-state index is -4.78. The van der Waals surface area contributed by atoms with Gasteiger partial charge >= 0.3 is 6.18 Å². The predicted molar refractivity (Wildman–Crippen MR) is 61.6 cm³/mol. The van der Waals surface area contributed by atoms with Gasteiger partial charge in [0.2, 0.25) is 5.91 Å². The molecule has 1 aromatic carbocycles. The van der Waals surface area contributed by atoms with Crippen LogP contribution in [0.15, 0.2) is 30.3 Å². The summed E-state index contributed by atoms with van der Waals surface area (Å²) in [5.74, 6) is -1.24. The van der Waals surface area contributed by atoms with Gasteiger partial charge in [-0.3, -0.25) is 4.79 Å². The summed E-state index contributed by atoms with van der Waals surface area (Å²) in [4.78, 5) is 11.5. The molecular formula is C12H15F3N2O. The van der Waals surface area contributed by atoms with Gasteiger partial charge in [-0.15, -0.1) is 0 Å². The molecule has 100 valence electrons. The van der Waals surface area contributed by atoms with Gasteiger partial charge in [0.25, 0.3) is 0 Å². The molecule has 0 radical (unpaired) electrons. The first-order chi connectivity index (χ1) is 8.16. The van der Waals surface area contributed by atoms with Crippen molar-refractivity contribution in [3.05, 3.63) is 35.9 Å². The van der Waals surface area contributed by atoms with Crippen LogP contribution in [0.2, 0.25) is 0 Å². The smallest absolute Gasteiger partial charge is 0.348 e. The zero-order valence-electron chi connectivity index (χ0n) is 10.1. The van der Waals surface area contributed by atoms with Gasteiger partial charge in [0.15, 0.2) is 5.54 Å². The van der Waals surface area contributed by atoms with Crippen LogP contribution in [0.25, 0.3) is 0 Å². The summed E-state index contributed by atoms with van der Waals surface area (Å²) in [7, 11) is 0. The van der Waals surface area contributed by atoms with E-state index < -0.39 is 23.7 Å². The van der Waals surface area contributed by atoms with Crippen LogP contribution in [0.1, 0.15) is 25.5 Å². The molecule has 0 saturated heterocycles. The van der Waals surface area contributed by atoms with Gasteiger partial charge in [0.05, 0.1) is 6.04 Å². The first kappa shape index (κ1) is 14.5. The van der Waals surface area contributed by atoms with Crippen LogP contribution in [-0.2, 0) is 4.79 Å². The average Bonchev–Trinajstić information content (AvgIpc) is 2.28. The van der Waals surface area contributed by atoms with Crippen molar-refractivity contribution in [2.24, 2.45) is 5.73 Å². The number of amides is 1. The Morgan fingerprint density at radius 1 is 1.28 bits per heavy atom. The Morgan fingerprint density at radius 3 is 2.22 bits per heavy atom. The fourth-order valence-corrected chi connectivity index (χ4v) is 1.30. The maximum Gasteiger partial charge on any atom is 0.415 e. The second-order valence-electron chi connectivity index (χ2n) is 4.31. The van der Waals surface area contributed by atoms with Gasteiger partial charge < -0.3 is 11.1 Å². The molecule has 0 saturated carbocycles. The third-order valence-electron chi connectivity index (χ3n) is 2.71. The van der Waals surface area contributed by atoms with Crippen molar-refractivity contribution in [2.45, 2.75) is 31.6 Å². The summed E-state index contributed by atoms with van der Waals surface area (Å²) in [5.41, 5.74) is 2.85.